The average molecular weight is 271 g/mol. The number of rotatable bonds is 2. The average Bonchev–Trinajstić information content (AvgIpc) is 2.50. The van der Waals surface area contributed by atoms with Gasteiger partial charge in [0.25, 0.3) is 5.56 Å². The summed E-state index contributed by atoms with van der Waals surface area (Å²) in [6, 6.07) is 2.00. The van der Waals surface area contributed by atoms with E-state index in [9.17, 15) is 4.79 Å². The Kier molecular flexibility index (Phi) is 3.81. The highest BCUT2D eigenvalue weighted by Crippen LogP contribution is 2.34. The third kappa shape index (κ3) is 2.74. The molecule has 1 saturated carbocycles. The second-order valence-electron chi connectivity index (χ2n) is 5.94. The molecule has 0 saturated heterocycles. The molecule has 0 amide bonds. The minimum absolute atomic E-state index is 0.0497. The first-order valence-corrected chi connectivity index (χ1v) is 7.54. The number of pyridine rings is 1. The van der Waals surface area contributed by atoms with E-state index in [1.54, 1.807) is 6.20 Å². The topological polar surface area (TPSA) is 57.6 Å². The van der Waals surface area contributed by atoms with Crippen molar-refractivity contribution in [2.75, 3.05) is 6.54 Å². The lowest BCUT2D eigenvalue weighted by Gasteiger charge is -2.26. The van der Waals surface area contributed by atoms with E-state index >= 15 is 0 Å². The highest BCUT2D eigenvalue weighted by atomic mass is 16.1. The molecule has 0 spiro atoms. The molecule has 0 aromatic carbocycles. The van der Waals surface area contributed by atoms with Crippen LogP contribution in [0.2, 0.25) is 0 Å². The van der Waals surface area contributed by atoms with Gasteiger partial charge >= 0.3 is 0 Å². The summed E-state index contributed by atoms with van der Waals surface area (Å²) in [4.78, 5) is 23.7. The number of hydrogen-bond donors (Lipinski definition) is 1. The van der Waals surface area contributed by atoms with E-state index in [2.05, 4.69) is 21.9 Å². The van der Waals surface area contributed by atoms with Crippen LogP contribution in [0, 0.1) is 5.92 Å². The Hall–Kier alpha value is -1.71. The summed E-state index contributed by atoms with van der Waals surface area (Å²) in [5.41, 5.74) is 1.90. The normalized spacial score (nSPS) is 26.4. The van der Waals surface area contributed by atoms with Gasteiger partial charge in [0.2, 0.25) is 0 Å². The van der Waals surface area contributed by atoms with Crippen LogP contribution in [0.3, 0.4) is 0 Å². The maximum absolute atomic E-state index is 12.1. The van der Waals surface area contributed by atoms with Crippen molar-refractivity contribution < 1.29 is 0 Å². The van der Waals surface area contributed by atoms with Crippen molar-refractivity contribution in [1.29, 1.82) is 0 Å². The van der Waals surface area contributed by atoms with Crippen molar-refractivity contribution in [1.82, 2.24) is 4.98 Å². The standard InChI is InChI=1S/C16H21N3O/c1-11-3-5-12(6-4-11)14-9-13(10-19-16(14)20)15-17-7-2-8-18-15/h7,9-12H,2-6,8H2,1H3,(H,19,20). The van der Waals surface area contributed by atoms with E-state index in [4.69, 9.17) is 0 Å². The van der Waals surface area contributed by atoms with Gasteiger partial charge in [0, 0.05) is 36.5 Å². The third-order valence-corrected chi connectivity index (χ3v) is 4.38. The molecule has 106 valence electrons. The fourth-order valence-corrected chi connectivity index (χ4v) is 3.09. The summed E-state index contributed by atoms with van der Waals surface area (Å²) in [5.74, 6) is 1.93. The number of H-pyrrole nitrogens is 1. The molecule has 1 aromatic rings. The molecular weight excluding hydrogens is 250 g/mol. The molecule has 0 bridgehead atoms. The molecule has 1 aromatic heterocycles. The van der Waals surface area contributed by atoms with Crippen molar-refractivity contribution in [2.24, 2.45) is 15.9 Å². The number of aromatic amines is 1. The van der Waals surface area contributed by atoms with Crippen molar-refractivity contribution in [2.45, 2.75) is 44.9 Å². The van der Waals surface area contributed by atoms with Gasteiger partial charge in [-0.2, -0.15) is 0 Å². The first-order valence-electron chi connectivity index (χ1n) is 7.54. The van der Waals surface area contributed by atoms with Crippen LogP contribution in [0.25, 0.3) is 0 Å². The van der Waals surface area contributed by atoms with Gasteiger partial charge in [0.1, 0.15) is 0 Å². The van der Waals surface area contributed by atoms with Gasteiger partial charge in [0.05, 0.1) is 0 Å². The Morgan fingerprint density at radius 3 is 2.75 bits per heavy atom. The highest BCUT2D eigenvalue weighted by molar-refractivity contribution is 6.03. The molecule has 1 N–H and O–H groups in total. The van der Waals surface area contributed by atoms with Crippen LogP contribution in [-0.2, 0) is 0 Å². The molecule has 4 nitrogen and oxygen atoms in total. The minimum atomic E-state index is 0.0497. The lowest BCUT2D eigenvalue weighted by Crippen LogP contribution is -2.21. The molecule has 1 aliphatic carbocycles. The predicted molar refractivity (Wildman–Crippen MR) is 81.9 cm³/mol. The van der Waals surface area contributed by atoms with E-state index in [0.29, 0.717) is 5.92 Å². The minimum Gasteiger partial charge on any atom is -0.328 e. The first-order chi connectivity index (χ1) is 9.74. The van der Waals surface area contributed by atoms with Crippen LogP contribution < -0.4 is 5.56 Å². The number of aromatic nitrogens is 1. The van der Waals surface area contributed by atoms with E-state index < -0.39 is 0 Å². The fourth-order valence-electron chi connectivity index (χ4n) is 3.09. The number of amidine groups is 1. The van der Waals surface area contributed by atoms with E-state index in [0.717, 1.165) is 48.7 Å². The number of aliphatic imine (C=N–C) groups is 2. The second-order valence-corrected chi connectivity index (χ2v) is 5.94. The molecule has 2 heterocycles. The van der Waals surface area contributed by atoms with Gasteiger partial charge in [-0.3, -0.25) is 9.79 Å². The van der Waals surface area contributed by atoms with Crippen molar-refractivity contribution in [3.63, 3.8) is 0 Å². The molecule has 3 rings (SSSR count). The fraction of sp³-hybridized carbons (Fsp3) is 0.562. The zero-order valence-corrected chi connectivity index (χ0v) is 11.9. The van der Waals surface area contributed by atoms with E-state index in [1.807, 2.05) is 12.3 Å². The van der Waals surface area contributed by atoms with Gasteiger partial charge in [-0.05, 0) is 30.7 Å². The summed E-state index contributed by atoms with van der Waals surface area (Å²) >= 11 is 0. The van der Waals surface area contributed by atoms with E-state index in [1.165, 1.54) is 12.8 Å². The molecule has 0 radical (unpaired) electrons. The largest absolute Gasteiger partial charge is 0.328 e. The molecule has 2 aliphatic rings. The quantitative estimate of drug-likeness (QED) is 0.883. The summed E-state index contributed by atoms with van der Waals surface area (Å²) in [7, 11) is 0. The van der Waals surface area contributed by atoms with Crippen LogP contribution in [0.1, 0.15) is 56.1 Å². The maximum Gasteiger partial charge on any atom is 0.251 e. The van der Waals surface area contributed by atoms with Gasteiger partial charge < -0.3 is 4.98 Å². The summed E-state index contributed by atoms with van der Waals surface area (Å²) in [6.45, 7) is 3.08. The molecule has 0 unspecified atom stereocenters. The lowest BCUT2D eigenvalue weighted by atomic mass is 9.79. The Balaban J connectivity index is 1.89. The molecule has 1 fully saturated rings. The summed E-state index contributed by atoms with van der Waals surface area (Å²) in [5, 5.41) is 0. The van der Waals surface area contributed by atoms with Crippen LogP contribution in [0.4, 0.5) is 0 Å². The van der Waals surface area contributed by atoms with E-state index in [-0.39, 0.29) is 5.56 Å². The predicted octanol–water partition coefficient (Wildman–Crippen LogP) is 2.89. The van der Waals surface area contributed by atoms with Crippen molar-refractivity contribution >= 4 is 12.1 Å². The summed E-state index contributed by atoms with van der Waals surface area (Å²) < 4.78 is 0. The third-order valence-electron chi connectivity index (χ3n) is 4.38. The number of nitrogens with one attached hydrogen (secondary N) is 1. The summed E-state index contributed by atoms with van der Waals surface area (Å²) in [6.07, 6.45) is 9.20. The number of nitrogens with zero attached hydrogens (tertiary/aromatic N) is 2. The Morgan fingerprint density at radius 2 is 2.05 bits per heavy atom. The van der Waals surface area contributed by atoms with Gasteiger partial charge in [-0.15, -0.1) is 0 Å². The molecule has 20 heavy (non-hydrogen) atoms. The number of hydrogen-bond acceptors (Lipinski definition) is 3. The second kappa shape index (κ2) is 5.73. The van der Waals surface area contributed by atoms with Crippen LogP contribution >= 0.6 is 0 Å². The molecule has 1 aliphatic heterocycles. The SMILES string of the molecule is CC1CCC(c2cc(C3=NCCC=N3)c[nH]c2=O)CC1. The van der Waals surface area contributed by atoms with Gasteiger partial charge in [0.15, 0.2) is 5.84 Å². The van der Waals surface area contributed by atoms with Crippen LogP contribution in [0.15, 0.2) is 27.0 Å². The molecule has 0 atom stereocenters. The monoisotopic (exact) mass is 271 g/mol. The Morgan fingerprint density at radius 1 is 1.25 bits per heavy atom. The highest BCUT2D eigenvalue weighted by Gasteiger charge is 2.22. The zero-order valence-electron chi connectivity index (χ0n) is 11.9. The lowest BCUT2D eigenvalue weighted by molar-refractivity contribution is 0.346. The van der Waals surface area contributed by atoms with Gasteiger partial charge in [-0.1, -0.05) is 19.8 Å². The Labute approximate surface area is 119 Å². The zero-order chi connectivity index (χ0) is 13.9. The maximum atomic E-state index is 12.1. The molecule has 4 heteroatoms. The van der Waals surface area contributed by atoms with Crippen molar-refractivity contribution in [3.05, 3.63) is 33.7 Å². The van der Waals surface area contributed by atoms with Crippen molar-refractivity contribution in [3.8, 4) is 0 Å². The van der Waals surface area contributed by atoms with Crippen LogP contribution in [0.5, 0.6) is 0 Å². The smallest absolute Gasteiger partial charge is 0.251 e. The molecular formula is C16H21N3O. The van der Waals surface area contributed by atoms with Crippen LogP contribution in [-0.4, -0.2) is 23.6 Å². The Bertz CT molecular complexity index is 592. The first kappa shape index (κ1) is 13.3. The van der Waals surface area contributed by atoms with Gasteiger partial charge in [-0.25, -0.2) is 4.99 Å².